The van der Waals surface area contributed by atoms with Crippen LogP contribution in [0.5, 0.6) is 0 Å². The summed E-state index contributed by atoms with van der Waals surface area (Å²) >= 11 is 0. The number of benzene rings is 2. The molecule has 0 unspecified atom stereocenters. The summed E-state index contributed by atoms with van der Waals surface area (Å²) in [5, 5.41) is 0. The monoisotopic (exact) mass is 431 g/mol. The number of hydrogen-bond acceptors (Lipinski definition) is 6. The van der Waals surface area contributed by atoms with E-state index >= 15 is 0 Å². The van der Waals surface area contributed by atoms with Gasteiger partial charge in [-0.1, -0.05) is 30.3 Å². The normalized spacial score (nSPS) is 15.7. The second kappa shape index (κ2) is 10.0. The number of para-hydroxylation sites is 1. The fourth-order valence-corrected chi connectivity index (χ4v) is 4.88. The Bertz CT molecular complexity index is 927. The highest BCUT2D eigenvalue weighted by molar-refractivity contribution is 7.92. The van der Waals surface area contributed by atoms with E-state index in [0.717, 1.165) is 31.7 Å². The van der Waals surface area contributed by atoms with E-state index in [9.17, 15) is 13.2 Å². The van der Waals surface area contributed by atoms with Crippen molar-refractivity contribution in [3.8, 4) is 0 Å². The van der Waals surface area contributed by atoms with Crippen molar-refractivity contribution in [2.45, 2.75) is 6.54 Å². The molecule has 0 spiro atoms. The van der Waals surface area contributed by atoms with E-state index in [1.165, 1.54) is 4.31 Å². The molecule has 3 rings (SSSR count). The number of nitrogens with zero attached hydrogens (tertiary/aromatic N) is 3. The van der Waals surface area contributed by atoms with Crippen LogP contribution in [0.4, 0.5) is 5.69 Å². The number of hydrazine groups is 1. The van der Waals surface area contributed by atoms with Crippen molar-refractivity contribution in [1.29, 1.82) is 0 Å². The molecule has 2 aromatic rings. The lowest BCUT2D eigenvalue weighted by Gasteiger charge is -2.33. The third kappa shape index (κ3) is 5.79. The maximum atomic E-state index is 13.3. The van der Waals surface area contributed by atoms with Crippen molar-refractivity contribution in [1.82, 2.24) is 15.2 Å². The minimum absolute atomic E-state index is 0.0548. The summed E-state index contributed by atoms with van der Waals surface area (Å²) < 4.78 is 28.0. The maximum absolute atomic E-state index is 13.3. The molecular weight excluding hydrogens is 402 g/mol. The van der Waals surface area contributed by atoms with Gasteiger partial charge < -0.3 is 4.90 Å². The fourth-order valence-electron chi connectivity index (χ4n) is 3.38. The molecule has 1 aliphatic heterocycles. The number of hydrogen-bond donors (Lipinski definition) is 2. The smallest absolute Gasteiger partial charge is 0.265 e. The van der Waals surface area contributed by atoms with Crippen LogP contribution in [0.1, 0.15) is 15.9 Å². The SMILES string of the molecule is CN1CCN(CCS(=O)(=O)N(Cc2ccc(C(=O)NN)cc2)c2ccccc2)CC1. The minimum atomic E-state index is -3.54. The van der Waals surface area contributed by atoms with Gasteiger partial charge in [0.15, 0.2) is 0 Å². The molecular formula is C21H29N5O3S. The third-order valence-corrected chi connectivity index (χ3v) is 7.02. The zero-order valence-electron chi connectivity index (χ0n) is 17.2. The van der Waals surface area contributed by atoms with Gasteiger partial charge in [-0.2, -0.15) is 0 Å². The second-order valence-electron chi connectivity index (χ2n) is 7.47. The van der Waals surface area contributed by atoms with Gasteiger partial charge in [-0.3, -0.25) is 19.4 Å². The Hall–Kier alpha value is -2.46. The summed E-state index contributed by atoms with van der Waals surface area (Å²) in [7, 11) is -1.46. The summed E-state index contributed by atoms with van der Waals surface area (Å²) in [6, 6.07) is 15.9. The molecule has 1 amide bonds. The summed E-state index contributed by atoms with van der Waals surface area (Å²) in [4.78, 5) is 16.1. The quantitative estimate of drug-likeness (QED) is 0.366. The molecule has 1 saturated heterocycles. The number of sulfonamides is 1. The number of carbonyl (C=O) groups is 1. The van der Waals surface area contributed by atoms with Crippen LogP contribution in [0.15, 0.2) is 54.6 Å². The van der Waals surface area contributed by atoms with Crippen LogP contribution in [0.2, 0.25) is 0 Å². The lowest BCUT2D eigenvalue weighted by Crippen LogP contribution is -2.47. The predicted molar refractivity (Wildman–Crippen MR) is 118 cm³/mol. The van der Waals surface area contributed by atoms with Gasteiger partial charge in [0.1, 0.15) is 0 Å². The highest BCUT2D eigenvalue weighted by Crippen LogP contribution is 2.22. The van der Waals surface area contributed by atoms with Gasteiger partial charge in [-0.15, -0.1) is 0 Å². The van der Waals surface area contributed by atoms with Crippen molar-refractivity contribution < 1.29 is 13.2 Å². The number of nitrogen functional groups attached to an aromatic ring is 1. The van der Waals surface area contributed by atoms with Crippen LogP contribution in [0.3, 0.4) is 0 Å². The molecule has 8 nitrogen and oxygen atoms in total. The Morgan fingerprint density at radius 2 is 1.67 bits per heavy atom. The lowest BCUT2D eigenvalue weighted by atomic mass is 10.1. The molecule has 0 aliphatic carbocycles. The average Bonchev–Trinajstić information content (AvgIpc) is 2.77. The van der Waals surface area contributed by atoms with Crippen LogP contribution in [-0.2, 0) is 16.6 Å². The van der Waals surface area contributed by atoms with E-state index in [2.05, 4.69) is 22.3 Å². The van der Waals surface area contributed by atoms with E-state index in [0.29, 0.717) is 17.8 Å². The fraction of sp³-hybridized carbons (Fsp3) is 0.381. The summed E-state index contributed by atoms with van der Waals surface area (Å²) in [6.07, 6.45) is 0. The molecule has 162 valence electrons. The Morgan fingerprint density at radius 3 is 2.27 bits per heavy atom. The number of nitrogens with two attached hydrogens (primary N) is 1. The number of piperazine rings is 1. The maximum Gasteiger partial charge on any atom is 0.265 e. The Labute approximate surface area is 178 Å². The highest BCUT2D eigenvalue weighted by Gasteiger charge is 2.25. The average molecular weight is 432 g/mol. The molecule has 1 heterocycles. The molecule has 1 fully saturated rings. The van der Waals surface area contributed by atoms with E-state index in [-0.39, 0.29) is 18.2 Å². The van der Waals surface area contributed by atoms with E-state index in [1.54, 1.807) is 36.4 Å². The van der Waals surface area contributed by atoms with Crippen molar-refractivity contribution in [2.75, 3.05) is 49.8 Å². The lowest BCUT2D eigenvalue weighted by molar-refractivity contribution is 0.0953. The van der Waals surface area contributed by atoms with Crippen LogP contribution in [0.25, 0.3) is 0 Å². The first-order valence-electron chi connectivity index (χ1n) is 9.95. The molecule has 1 aliphatic rings. The van der Waals surface area contributed by atoms with Gasteiger partial charge >= 0.3 is 0 Å². The van der Waals surface area contributed by atoms with Crippen LogP contribution >= 0.6 is 0 Å². The van der Waals surface area contributed by atoms with Gasteiger partial charge in [0.25, 0.3) is 5.91 Å². The molecule has 0 radical (unpaired) electrons. The molecule has 0 saturated carbocycles. The van der Waals surface area contributed by atoms with Gasteiger partial charge in [0, 0.05) is 38.3 Å². The Morgan fingerprint density at radius 1 is 1.03 bits per heavy atom. The number of anilines is 1. The van der Waals surface area contributed by atoms with Gasteiger partial charge in [0.05, 0.1) is 18.0 Å². The van der Waals surface area contributed by atoms with E-state index in [1.807, 2.05) is 18.2 Å². The van der Waals surface area contributed by atoms with Crippen LogP contribution in [0, 0.1) is 0 Å². The molecule has 2 aromatic carbocycles. The molecule has 0 aromatic heterocycles. The predicted octanol–water partition coefficient (Wildman–Crippen LogP) is 0.874. The zero-order valence-corrected chi connectivity index (χ0v) is 18.0. The molecule has 0 atom stereocenters. The minimum Gasteiger partial charge on any atom is -0.304 e. The third-order valence-electron chi connectivity index (χ3n) is 5.31. The number of carbonyl (C=O) groups excluding carboxylic acids is 1. The summed E-state index contributed by atoms with van der Waals surface area (Å²) in [5.74, 6) is 4.83. The number of nitrogens with one attached hydrogen (secondary N) is 1. The molecule has 0 bridgehead atoms. The largest absolute Gasteiger partial charge is 0.304 e. The van der Waals surface area contributed by atoms with Crippen molar-refractivity contribution in [3.63, 3.8) is 0 Å². The number of amides is 1. The standard InChI is InChI=1S/C21H29N5O3S/c1-24-11-13-25(14-12-24)15-16-30(28,29)26(20-5-3-2-4-6-20)17-18-7-9-19(10-8-18)21(27)23-22/h2-10H,11-17,22H2,1H3,(H,23,27). The van der Waals surface area contributed by atoms with Crippen LogP contribution < -0.4 is 15.6 Å². The summed E-state index contributed by atoms with van der Waals surface area (Å²) in [6.45, 7) is 4.36. The van der Waals surface area contributed by atoms with E-state index in [4.69, 9.17) is 5.84 Å². The first-order chi connectivity index (χ1) is 14.4. The van der Waals surface area contributed by atoms with Crippen molar-refractivity contribution in [3.05, 3.63) is 65.7 Å². The van der Waals surface area contributed by atoms with Crippen molar-refractivity contribution in [2.24, 2.45) is 5.84 Å². The van der Waals surface area contributed by atoms with Crippen LogP contribution in [-0.4, -0.2) is 69.6 Å². The zero-order chi connectivity index (χ0) is 21.6. The second-order valence-corrected chi connectivity index (χ2v) is 9.49. The van der Waals surface area contributed by atoms with Crippen molar-refractivity contribution >= 4 is 21.6 Å². The molecule has 3 N–H and O–H groups in total. The topological polar surface area (TPSA) is 99.0 Å². The Balaban J connectivity index is 1.76. The first-order valence-corrected chi connectivity index (χ1v) is 11.6. The Kier molecular flexibility index (Phi) is 7.43. The number of likely N-dealkylation sites (N-methyl/N-ethyl adjacent to an activating group) is 1. The molecule has 9 heteroatoms. The molecule has 30 heavy (non-hydrogen) atoms. The summed E-state index contributed by atoms with van der Waals surface area (Å²) in [5.41, 5.74) is 3.92. The number of rotatable bonds is 8. The van der Waals surface area contributed by atoms with Gasteiger partial charge in [0.2, 0.25) is 10.0 Å². The highest BCUT2D eigenvalue weighted by atomic mass is 32.2. The van der Waals surface area contributed by atoms with Gasteiger partial charge in [-0.25, -0.2) is 14.3 Å². The first kappa shape index (κ1) is 22.2. The van der Waals surface area contributed by atoms with E-state index < -0.39 is 10.0 Å². The van der Waals surface area contributed by atoms with Gasteiger partial charge in [-0.05, 0) is 36.9 Å².